The van der Waals surface area contributed by atoms with Crippen LogP contribution in [0, 0.1) is 5.41 Å². The molecule has 27 heavy (non-hydrogen) atoms. The van der Waals surface area contributed by atoms with E-state index in [0.717, 1.165) is 43.6 Å². The number of carboxylic acids is 2. The Hall–Kier alpha value is -2.09. The number of ether oxygens (including phenoxy) is 2. The van der Waals surface area contributed by atoms with Gasteiger partial charge in [0.25, 0.3) is 0 Å². The van der Waals surface area contributed by atoms with Crippen LogP contribution in [0.3, 0.4) is 0 Å². The van der Waals surface area contributed by atoms with E-state index in [2.05, 4.69) is 18.7 Å². The number of carbonyl (C=O) groups is 2. The second-order valence-corrected chi connectivity index (χ2v) is 6.64. The highest BCUT2D eigenvalue weighted by Gasteiger charge is 2.40. The first kappa shape index (κ1) is 23.0. The Kier molecular flexibility index (Phi) is 9.85. The first-order valence-corrected chi connectivity index (χ1v) is 9.00. The Bertz CT molecular complexity index is 608. The Morgan fingerprint density at radius 3 is 2.04 bits per heavy atom. The van der Waals surface area contributed by atoms with Gasteiger partial charge in [0.1, 0.15) is 5.75 Å². The minimum absolute atomic E-state index is 0.145. The van der Waals surface area contributed by atoms with E-state index in [-0.39, 0.29) is 5.41 Å². The van der Waals surface area contributed by atoms with Gasteiger partial charge in [0.05, 0.1) is 25.2 Å². The molecule has 0 spiro atoms. The molecule has 8 heteroatoms. The average Bonchev–Trinajstić information content (AvgIpc) is 2.61. The standard InChI is InChI=1S/C15H22ClNO2.C4H4O4/c1-3-17(4-2)9-15(10-18-11-15)12-19-14-7-5-13(16)6-8-14;5-3(6)1-2-4(7)8/h5-8H,3-4,9-12H2,1-2H3;1-2H,(H,5,6)(H,7,8)/b;2-1-. The van der Waals surface area contributed by atoms with Gasteiger partial charge in [-0.15, -0.1) is 0 Å². The zero-order valence-electron chi connectivity index (χ0n) is 15.6. The lowest BCUT2D eigenvalue weighted by Gasteiger charge is -2.43. The van der Waals surface area contributed by atoms with Gasteiger partial charge >= 0.3 is 11.9 Å². The highest BCUT2D eigenvalue weighted by Crippen LogP contribution is 2.30. The smallest absolute Gasteiger partial charge is 0.328 e. The van der Waals surface area contributed by atoms with Gasteiger partial charge in [0.2, 0.25) is 0 Å². The SMILES string of the molecule is CCN(CC)CC1(COc2ccc(Cl)cc2)COC1.O=C(O)/C=C\C(=O)O. The lowest BCUT2D eigenvalue weighted by molar-refractivity contribution is -0.143. The van der Waals surface area contributed by atoms with E-state index >= 15 is 0 Å². The Morgan fingerprint density at radius 1 is 1.15 bits per heavy atom. The van der Waals surface area contributed by atoms with Crippen molar-refractivity contribution in [2.45, 2.75) is 13.8 Å². The molecule has 2 rings (SSSR count). The van der Waals surface area contributed by atoms with Crippen molar-refractivity contribution in [3.63, 3.8) is 0 Å². The van der Waals surface area contributed by atoms with E-state index in [1.807, 2.05) is 24.3 Å². The lowest BCUT2D eigenvalue weighted by Crippen LogP contribution is -2.54. The highest BCUT2D eigenvalue weighted by molar-refractivity contribution is 6.30. The lowest BCUT2D eigenvalue weighted by atomic mass is 9.86. The van der Waals surface area contributed by atoms with Crippen LogP contribution in [0.25, 0.3) is 0 Å². The molecule has 0 aliphatic carbocycles. The molecule has 1 aliphatic heterocycles. The molecule has 1 aromatic rings. The van der Waals surface area contributed by atoms with Crippen LogP contribution >= 0.6 is 11.6 Å². The second kappa shape index (κ2) is 11.6. The van der Waals surface area contributed by atoms with E-state index in [0.29, 0.717) is 18.8 Å². The number of benzene rings is 1. The number of carboxylic acid groups (broad SMARTS) is 2. The summed E-state index contributed by atoms with van der Waals surface area (Å²) in [4.78, 5) is 21.5. The van der Waals surface area contributed by atoms with E-state index in [1.165, 1.54) is 0 Å². The van der Waals surface area contributed by atoms with Crippen molar-refractivity contribution in [2.75, 3.05) is 39.5 Å². The fourth-order valence-corrected chi connectivity index (χ4v) is 2.57. The van der Waals surface area contributed by atoms with Crippen LogP contribution in [0.2, 0.25) is 5.02 Å². The topological polar surface area (TPSA) is 96.3 Å². The molecule has 1 heterocycles. The van der Waals surface area contributed by atoms with E-state index in [9.17, 15) is 9.59 Å². The summed E-state index contributed by atoms with van der Waals surface area (Å²) in [5, 5.41) is 16.4. The van der Waals surface area contributed by atoms with Crippen LogP contribution in [0.15, 0.2) is 36.4 Å². The minimum atomic E-state index is -1.26. The number of hydrogen-bond acceptors (Lipinski definition) is 5. The van der Waals surface area contributed by atoms with Crippen molar-refractivity contribution >= 4 is 23.5 Å². The highest BCUT2D eigenvalue weighted by atomic mass is 35.5. The van der Waals surface area contributed by atoms with Crippen molar-refractivity contribution in [1.29, 1.82) is 0 Å². The first-order chi connectivity index (χ1) is 12.8. The third-order valence-electron chi connectivity index (χ3n) is 4.00. The molecular weight excluding hydrogens is 374 g/mol. The average molecular weight is 400 g/mol. The van der Waals surface area contributed by atoms with Crippen molar-refractivity contribution in [3.05, 3.63) is 41.4 Å². The Labute approximate surface area is 164 Å². The molecule has 0 atom stereocenters. The second-order valence-electron chi connectivity index (χ2n) is 6.21. The predicted molar refractivity (Wildman–Crippen MR) is 102 cm³/mol. The van der Waals surface area contributed by atoms with Gasteiger partial charge in [-0.3, -0.25) is 0 Å². The molecule has 7 nitrogen and oxygen atoms in total. The summed E-state index contributed by atoms with van der Waals surface area (Å²) in [6.45, 7) is 9.83. The Balaban J connectivity index is 0.000000387. The molecule has 0 saturated carbocycles. The Morgan fingerprint density at radius 2 is 1.67 bits per heavy atom. The number of rotatable bonds is 9. The van der Waals surface area contributed by atoms with Crippen LogP contribution in [0.1, 0.15) is 13.8 Å². The maximum Gasteiger partial charge on any atom is 0.328 e. The summed E-state index contributed by atoms with van der Waals surface area (Å²) in [6.07, 6.45) is 1.12. The maximum absolute atomic E-state index is 9.55. The van der Waals surface area contributed by atoms with E-state index in [4.69, 9.17) is 31.3 Å². The number of halogens is 1. The van der Waals surface area contributed by atoms with Gasteiger partial charge in [0.15, 0.2) is 0 Å². The van der Waals surface area contributed by atoms with Crippen LogP contribution < -0.4 is 4.74 Å². The van der Waals surface area contributed by atoms with Crippen molar-refractivity contribution in [2.24, 2.45) is 5.41 Å². The summed E-state index contributed by atoms with van der Waals surface area (Å²) in [7, 11) is 0. The first-order valence-electron chi connectivity index (χ1n) is 8.62. The zero-order chi connectivity index (χ0) is 20.3. The van der Waals surface area contributed by atoms with E-state index < -0.39 is 11.9 Å². The van der Waals surface area contributed by atoms with Gasteiger partial charge in [0, 0.05) is 23.7 Å². The quantitative estimate of drug-likeness (QED) is 0.616. The molecule has 1 aromatic carbocycles. The molecular formula is C19H26ClNO6. The minimum Gasteiger partial charge on any atom is -0.493 e. The van der Waals surface area contributed by atoms with Gasteiger partial charge < -0.3 is 24.6 Å². The number of aliphatic carboxylic acids is 2. The summed E-state index contributed by atoms with van der Waals surface area (Å²) < 4.78 is 11.3. The third kappa shape index (κ3) is 8.90. The monoisotopic (exact) mass is 399 g/mol. The molecule has 0 aromatic heterocycles. The van der Waals surface area contributed by atoms with Crippen molar-refractivity contribution in [1.82, 2.24) is 4.90 Å². The third-order valence-corrected chi connectivity index (χ3v) is 4.25. The summed E-state index contributed by atoms with van der Waals surface area (Å²) in [5.41, 5.74) is 0.145. The van der Waals surface area contributed by atoms with Crippen LogP contribution in [-0.2, 0) is 14.3 Å². The molecule has 1 saturated heterocycles. The largest absolute Gasteiger partial charge is 0.493 e. The molecule has 150 valence electrons. The maximum atomic E-state index is 9.55. The fraction of sp³-hybridized carbons (Fsp3) is 0.474. The van der Waals surface area contributed by atoms with Gasteiger partial charge in [-0.25, -0.2) is 9.59 Å². The molecule has 2 N–H and O–H groups in total. The van der Waals surface area contributed by atoms with E-state index in [1.54, 1.807) is 0 Å². The summed E-state index contributed by atoms with van der Waals surface area (Å²) in [6, 6.07) is 7.52. The van der Waals surface area contributed by atoms with Crippen LogP contribution in [-0.4, -0.2) is 66.5 Å². The fourth-order valence-electron chi connectivity index (χ4n) is 2.44. The summed E-state index contributed by atoms with van der Waals surface area (Å²) >= 11 is 5.86. The molecule has 1 aliphatic rings. The van der Waals surface area contributed by atoms with Gasteiger partial charge in [-0.2, -0.15) is 0 Å². The van der Waals surface area contributed by atoms with Crippen LogP contribution in [0.5, 0.6) is 5.75 Å². The molecule has 0 amide bonds. The van der Waals surface area contributed by atoms with Crippen LogP contribution in [0.4, 0.5) is 0 Å². The molecule has 0 bridgehead atoms. The molecule has 1 fully saturated rings. The zero-order valence-corrected chi connectivity index (χ0v) is 16.3. The normalized spacial score (nSPS) is 15.0. The summed E-state index contributed by atoms with van der Waals surface area (Å²) in [5.74, 6) is -1.64. The predicted octanol–water partition coefficient (Wildman–Crippen LogP) is 2.79. The molecule has 0 unspecified atom stereocenters. The molecule has 0 radical (unpaired) electrons. The number of hydrogen-bond donors (Lipinski definition) is 2. The number of nitrogens with zero attached hydrogens (tertiary/aromatic N) is 1. The van der Waals surface area contributed by atoms with Gasteiger partial charge in [-0.05, 0) is 37.4 Å². The van der Waals surface area contributed by atoms with Gasteiger partial charge in [-0.1, -0.05) is 25.4 Å². The van der Waals surface area contributed by atoms with Crippen molar-refractivity contribution in [3.8, 4) is 5.75 Å². The van der Waals surface area contributed by atoms with Crippen molar-refractivity contribution < 1.29 is 29.3 Å².